The number of nitrogens with zero attached hydrogens (tertiary/aromatic N) is 2. The third-order valence-corrected chi connectivity index (χ3v) is 3.73. The largest absolute Gasteiger partial charge is 0.326 e. The van der Waals surface area contributed by atoms with Gasteiger partial charge in [0.05, 0.1) is 0 Å². The summed E-state index contributed by atoms with van der Waals surface area (Å²) in [5.41, 5.74) is 2.32. The molecule has 0 unspecified atom stereocenters. The highest BCUT2D eigenvalue weighted by molar-refractivity contribution is 6.30. The van der Waals surface area contributed by atoms with Crippen molar-refractivity contribution in [3.63, 3.8) is 0 Å². The molecule has 0 radical (unpaired) electrons. The van der Waals surface area contributed by atoms with Crippen molar-refractivity contribution in [3.8, 4) is 0 Å². The summed E-state index contributed by atoms with van der Waals surface area (Å²) in [7, 11) is 0. The van der Waals surface area contributed by atoms with Gasteiger partial charge in [0.2, 0.25) is 0 Å². The number of benzene rings is 2. The number of hydrogen-bond acceptors (Lipinski definition) is 2. The molecule has 20 heavy (non-hydrogen) atoms. The van der Waals surface area contributed by atoms with Crippen LogP contribution >= 0.6 is 11.6 Å². The summed E-state index contributed by atoms with van der Waals surface area (Å²) in [6.07, 6.45) is 2.29. The van der Waals surface area contributed by atoms with Crippen molar-refractivity contribution in [1.29, 1.82) is 0 Å². The van der Waals surface area contributed by atoms with E-state index in [1.54, 1.807) is 0 Å². The van der Waals surface area contributed by atoms with Gasteiger partial charge < -0.3 is 4.90 Å². The van der Waals surface area contributed by atoms with Crippen LogP contribution in [0.2, 0.25) is 5.02 Å². The van der Waals surface area contributed by atoms with E-state index in [-0.39, 0.29) is 0 Å². The van der Waals surface area contributed by atoms with Crippen molar-refractivity contribution in [2.24, 2.45) is 4.99 Å². The Bertz CT molecular complexity index is 590. The first-order valence-corrected chi connectivity index (χ1v) is 7.35. The van der Waals surface area contributed by atoms with E-state index in [2.05, 4.69) is 41.3 Å². The quantitative estimate of drug-likeness (QED) is 0.799. The van der Waals surface area contributed by atoms with Gasteiger partial charge in [-0.05, 0) is 37.1 Å². The predicted octanol–water partition coefficient (Wildman–Crippen LogP) is 4.39. The lowest BCUT2D eigenvalue weighted by molar-refractivity contribution is 0.775. The van der Waals surface area contributed by atoms with E-state index in [9.17, 15) is 0 Å². The lowest BCUT2D eigenvalue weighted by Crippen LogP contribution is -2.31. The summed E-state index contributed by atoms with van der Waals surface area (Å²) < 4.78 is 0. The fraction of sp³-hybridized carbons (Fsp3) is 0.235. The predicted molar refractivity (Wildman–Crippen MR) is 85.9 cm³/mol. The molecule has 0 spiro atoms. The molecule has 0 bridgehead atoms. The third-order valence-electron chi connectivity index (χ3n) is 3.48. The molecule has 0 N–H and O–H groups in total. The molecular weight excluding hydrogens is 268 g/mol. The Labute approximate surface area is 124 Å². The summed E-state index contributed by atoms with van der Waals surface area (Å²) in [5, 5.41) is 0.766. The molecule has 0 amide bonds. The maximum absolute atomic E-state index is 5.99. The van der Waals surface area contributed by atoms with Crippen molar-refractivity contribution in [2.45, 2.75) is 12.8 Å². The van der Waals surface area contributed by atoms with E-state index in [1.165, 1.54) is 5.56 Å². The van der Waals surface area contributed by atoms with E-state index in [4.69, 9.17) is 16.6 Å². The first-order chi connectivity index (χ1) is 9.84. The molecule has 0 atom stereocenters. The zero-order chi connectivity index (χ0) is 13.8. The van der Waals surface area contributed by atoms with Gasteiger partial charge in [-0.25, -0.2) is 0 Å². The smallest absolute Gasteiger partial charge is 0.135 e. The molecule has 3 heteroatoms. The molecule has 3 rings (SSSR count). The second-order valence-corrected chi connectivity index (χ2v) is 5.34. The van der Waals surface area contributed by atoms with Crippen molar-refractivity contribution >= 4 is 23.1 Å². The van der Waals surface area contributed by atoms with Crippen molar-refractivity contribution < 1.29 is 0 Å². The second-order valence-electron chi connectivity index (χ2n) is 4.91. The average Bonchev–Trinajstić information content (AvgIpc) is 2.75. The summed E-state index contributed by atoms with van der Waals surface area (Å²) in [4.78, 5) is 7.07. The van der Waals surface area contributed by atoms with Crippen molar-refractivity contribution in [1.82, 2.24) is 0 Å². The first-order valence-electron chi connectivity index (χ1n) is 6.97. The van der Waals surface area contributed by atoms with Gasteiger partial charge in [0, 0.05) is 29.4 Å². The minimum Gasteiger partial charge on any atom is -0.326 e. The van der Waals surface area contributed by atoms with Gasteiger partial charge in [-0.1, -0.05) is 41.9 Å². The summed E-state index contributed by atoms with van der Waals surface area (Å²) in [5.74, 6) is 1.06. The van der Waals surface area contributed by atoms with Crippen LogP contribution in [-0.2, 0) is 0 Å². The van der Waals surface area contributed by atoms with Gasteiger partial charge in [0.1, 0.15) is 5.84 Å². The highest BCUT2D eigenvalue weighted by atomic mass is 35.5. The van der Waals surface area contributed by atoms with Crippen LogP contribution in [0.3, 0.4) is 0 Å². The van der Waals surface area contributed by atoms with Crippen LogP contribution in [0.4, 0.5) is 5.69 Å². The summed E-state index contributed by atoms with van der Waals surface area (Å²) in [6.45, 7) is 1.89. The molecule has 2 aromatic carbocycles. The molecule has 1 heterocycles. The average molecular weight is 285 g/mol. The van der Waals surface area contributed by atoms with Crippen LogP contribution in [0.15, 0.2) is 59.6 Å². The number of rotatable bonds is 2. The maximum atomic E-state index is 5.99. The Morgan fingerprint density at radius 3 is 2.40 bits per heavy atom. The van der Waals surface area contributed by atoms with Crippen LogP contribution in [-0.4, -0.2) is 18.9 Å². The van der Waals surface area contributed by atoms with Gasteiger partial charge in [0.25, 0.3) is 0 Å². The fourth-order valence-corrected chi connectivity index (χ4v) is 2.59. The van der Waals surface area contributed by atoms with Crippen molar-refractivity contribution in [3.05, 3.63) is 65.2 Å². The zero-order valence-corrected chi connectivity index (χ0v) is 12.1. The molecular formula is C17H17ClN2. The zero-order valence-electron chi connectivity index (χ0n) is 11.3. The van der Waals surface area contributed by atoms with E-state index in [0.717, 1.165) is 42.5 Å². The van der Waals surface area contributed by atoms with Crippen LogP contribution in [0.25, 0.3) is 0 Å². The fourth-order valence-electron chi connectivity index (χ4n) is 2.46. The first kappa shape index (κ1) is 13.2. The van der Waals surface area contributed by atoms with Gasteiger partial charge >= 0.3 is 0 Å². The monoisotopic (exact) mass is 284 g/mol. The third kappa shape index (κ3) is 2.86. The SMILES string of the molecule is Clc1ccc(N2CCCCN=C2c2ccccc2)cc1. The molecule has 2 aromatic rings. The molecule has 1 aliphatic heterocycles. The summed E-state index contributed by atoms with van der Waals surface area (Å²) >= 11 is 5.99. The Kier molecular flexibility index (Phi) is 4.03. The number of amidine groups is 1. The summed E-state index contributed by atoms with van der Waals surface area (Å²) in [6, 6.07) is 18.4. The molecule has 0 aromatic heterocycles. The molecule has 2 nitrogen and oxygen atoms in total. The molecule has 0 fully saturated rings. The van der Waals surface area contributed by atoms with Crippen LogP contribution in [0.1, 0.15) is 18.4 Å². The van der Waals surface area contributed by atoms with Gasteiger partial charge in [-0.15, -0.1) is 0 Å². The van der Waals surface area contributed by atoms with Crippen LogP contribution in [0.5, 0.6) is 0 Å². The number of aliphatic imine (C=N–C) groups is 1. The highest BCUT2D eigenvalue weighted by Crippen LogP contribution is 2.22. The minimum atomic E-state index is 0.766. The lowest BCUT2D eigenvalue weighted by Gasteiger charge is -2.25. The Balaban J connectivity index is 1.99. The Morgan fingerprint density at radius 2 is 1.65 bits per heavy atom. The Hall–Kier alpha value is -1.80. The minimum absolute atomic E-state index is 0.766. The topological polar surface area (TPSA) is 15.6 Å². The molecule has 0 saturated heterocycles. The lowest BCUT2D eigenvalue weighted by atomic mass is 10.1. The van der Waals surface area contributed by atoms with Crippen LogP contribution < -0.4 is 4.90 Å². The molecule has 102 valence electrons. The van der Waals surface area contributed by atoms with E-state index in [0.29, 0.717) is 0 Å². The maximum Gasteiger partial charge on any atom is 0.135 e. The number of anilines is 1. The highest BCUT2D eigenvalue weighted by Gasteiger charge is 2.17. The molecule has 1 aliphatic rings. The van der Waals surface area contributed by atoms with E-state index in [1.807, 2.05) is 18.2 Å². The second kappa shape index (κ2) is 6.10. The van der Waals surface area contributed by atoms with Crippen molar-refractivity contribution in [2.75, 3.05) is 18.0 Å². The standard InChI is InChI=1S/C17H17ClN2/c18-15-8-10-16(11-9-15)20-13-5-4-12-19-17(20)14-6-2-1-3-7-14/h1-3,6-11H,4-5,12-13H2. The molecule has 0 saturated carbocycles. The van der Waals surface area contributed by atoms with Gasteiger partial charge in [0.15, 0.2) is 0 Å². The normalized spacial score (nSPS) is 15.7. The number of halogens is 1. The van der Waals surface area contributed by atoms with Crippen LogP contribution in [0, 0.1) is 0 Å². The Morgan fingerprint density at radius 1 is 0.900 bits per heavy atom. The number of hydrogen-bond donors (Lipinski definition) is 0. The molecule has 0 aliphatic carbocycles. The van der Waals surface area contributed by atoms with E-state index < -0.39 is 0 Å². The van der Waals surface area contributed by atoms with Gasteiger partial charge in [-0.2, -0.15) is 0 Å². The van der Waals surface area contributed by atoms with Gasteiger partial charge in [-0.3, -0.25) is 4.99 Å². The van der Waals surface area contributed by atoms with E-state index >= 15 is 0 Å².